The summed E-state index contributed by atoms with van der Waals surface area (Å²) in [4.78, 5) is 23.1. The van der Waals surface area contributed by atoms with Crippen LogP contribution in [-0.2, 0) is 19.1 Å². The molecule has 4 nitrogen and oxygen atoms in total. The van der Waals surface area contributed by atoms with Gasteiger partial charge in [0.05, 0.1) is 7.11 Å². The molecule has 0 aromatic rings. The van der Waals surface area contributed by atoms with E-state index in [1.54, 1.807) is 5.57 Å². The van der Waals surface area contributed by atoms with E-state index in [1.807, 2.05) is 0 Å². The third-order valence-electron chi connectivity index (χ3n) is 9.07. The van der Waals surface area contributed by atoms with Crippen LogP contribution in [0.4, 0.5) is 0 Å². The van der Waals surface area contributed by atoms with E-state index in [0.717, 1.165) is 32.1 Å². The van der Waals surface area contributed by atoms with Crippen LogP contribution in [0.5, 0.6) is 0 Å². The molecule has 0 aromatic carbocycles. The fourth-order valence-electron chi connectivity index (χ4n) is 7.30. The van der Waals surface area contributed by atoms with Crippen molar-refractivity contribution in [2.24, 2.45) is 28.6 Å². The third kappa shape index (κ3) is 3.81. The van der Waals surface area contributed by atoms with Gasteiger partial charge in [-0.3, -0.25) is 9.59 Å². The summed E-state index contributed by atoms with van der Waals surface area (Å²) in [6, 6.07) is 0. The van der Waals surface area contributed by atoms with Crippen LogP contribution in [0.2, 0.25) is 0 Å². The number of hydrogen-bond acceptors (Lipinski definition) is 4. The van der Waals surface area contributed by atoms with Gasteiger partial charge in [-0.25, -0.2) is 0 Å². The lowest BCUT2D eigenvalue weighted by molar-refractivity contribution is -0.147. The molecule has 4 aliphatic rings. The van der Waals surface area contributed by atoms with Crippen molar-refractivity contribution in [1.29, 1.82) is 0 Å². The Bertz CT molecular complexity index is 849. The van der Waals surface area contributed by atoms with Gasteiger partial charge in [0.25, 0.3) is 0 Å². The SMILES string of the molecule is COC(=O)CCC(C)C1CCC2C3=CC=C4CC(OC(C)=O)CCC4(C)C3=CCC21C. The first-order chi connectivity index (χ1) is 14.7. The topological polar surface area (TPSA) is 52.6 Å². The highest BCUT2D eigenvalue weighted by molar-refractivity contribution is 5.69. The smallest absolute Gasteiger partial charge is 0.305 e. The maximum Gasteiger partial charge on any atom is 0.305 e. The first-order valence-corrected chi connectivity index (χ1v) is 12.1. The second-order valence-corrected chi connectivity index (χ2v) is 10.8. The van der Waals surface area contributed by atoms with Crippen molar-refractivity contribution in [2.75, 3.05) is 7.11 Å². The molecule has 4 aliphatic carbocycles. The van der Waals surface area contributed by atoms with E-state index in [4.69, 9.17) is 9.47 Å². The monoisotopic (exact) mass is 426 g/mol. The molecule has 31 heavy (non-hydrogen) atoms. The number of methoxy groups -OCH3 is 1. The Hall–Kier alpha value is -1.84. The molecule has 170 valence electrons. The van der Waals surface area contributed by atoms with Gasteiger partial charge in [-0.1, -0.05) is 44.6 Å². The lowest BCUT2D eigenvalue weighted by Crippen LogP contribution is -2.41. The molecule has 6 unspecified atom stereocenters. The van der Waals surface area contributed by atoms with Crippen LogP contribution in [0.3, 0.4) is 0 Å². The van der Waals surface area contributed by atoms with Crippen LogP contribution >= 0.6 is 0 Å². The molecule has 0 radical (unpaired) electrons. The second kappa shape index (κ2) is 8.26. The van der Waals surface area contributed by atoms with Gasteiger partial charge in [0.1, 0.15) is 6.10 Å². The normalized spacial score (nSPS) is 37.3. The molecule has 2 fully saturated rings. The van der Waals surface area contributed by atoms with E-state index in [1.165, 1.54) is 38.0 Å². The van der Waals surface area contributed by atoms with E-state index in [9.17, 15) is 9.59 Å². The summed E-state index contributed by atoms with van der Waals surface area (Å²) in [6.45, 7) is 8.71. The van der Waals surface area contributed by atoms with Crippen LogP contribution in [0.1, 0.15) is 79.1 Å². The van der Waals surface area contributed by atoms with Crippen molar-refractivity contribution in [3.63, 3.8) is 0 Å². The summed E-state index contributed by atoms with van der Waals surface area (Å²) in [7, 11) is 1.48. The maximum atomic E-state index is 11.7. The van der Waals surface area contributed by atoms with Crippen molar-refractivity contribution in [2.45, 2.75) is 85.2 Å². The Morgan fingerprint density at radius 2 is 1.97 bits per heavy atom. The number of hydrogen-bond donors (Lipinski definition) is 0. The molecule has 0 aromatic heterocycles. The minimum atomic E-state index is -0.174. The summed E-state index contributed by atoms with van der Waals surface area (Å²) in [5.41, 5.74) is 4.85. The Balaban J connectivity index is 1.56. The van der Waals surface area contributed by atoms with Crippen molar-refractivity contribution < 1.29 is 19.1 Å². The zero-order chi connectivity index (χ0) is 22.4. The van der Waals surface area contributed by atoms with E-state index in [-0.39, 0.29) is 28.9 Å². The average molecular weight is 427 g/mol. The molecule has 0 aliphatic heterocycles. The van der Waals surface area contributed by atoms with E-state index < -0.39 is 0 Å². The number of carbonyl (C=O) groups is 2. The van der Waals surface area contributed by atoms with Gasteiger partial charge in [0.15, 0.2) is 0 Å². The van der Waals surface area contributed by atoms with Gasteiger partial charge in [-0.15, -0.1) is 0 Å². The van der Waals surface area contributed by atoms with Crippen LogP contribution < -0.4 is 0 Å². The summed E-state index contributed by atoms with van der Waals surface area (Å²) in [5.74, 6) is 1.49. The maximum absolute atomic E-state index is 11.7. The number of rotatable bonds is 5. The molecule has 0 bridgehead atoms. The van der Waals surface area contributed by atoms with Gasteiger partial charge in [0, 0.05) is 25.2 Å². The van der Waals surface area contributed by atoms with Crippen LogP contribution in [0, 0.1) is 28.6 Å². The van der Waals surface area contributed by atoms with Crippen molar-refractivity contribution in [1.82, 2.24) is 0 Å². The highest BCUT2D eigenvalue weighted by Gasteiger charge is 2.54. The molecule has 2 saturated carbocycles. The molecule has 0 amide bonds. The van der Waals surface area contributed by atoms with Crippen molar-refractivity contribution in [3.8, 4) is 0 Å². The van der Waals surface area contributed by atoms with Gasteiger partial charge < -0.3 is 9.47 Å². The first-order valence-electron chi connectivity index (χ1n) is 12.1. The van der Waals surface area contributed by atoms with E-state index in [2.05, 4.69) is 39.0 Å². The van der Waals surface area contributed by atoms with Gasteiger partial charge in [0.2, 0.25) is 0 Å². The molecule has 0 N–H and O–H groups in total. The summed E-state index contributed by atoms with van der Waals surface area (Å²) < 4.78 is 10.4. The molecule has 0 saturated heterocycles. The molecule has 0 heterocycles. The largest absolute Gasteiger partial charge is 0.469 e. The average Bonchev–Trinajstić information content (AvgIpc) is 3.09. The lowest BCUT2D eigenvalue weighted by atomic mass is 9.54. The Kier molecular flexibility index (Phi) is 5.95. The minimum Gasteiger partial charge on any atom is -0.469 e. The zero-order valence-corrected chi connectivity index (χ0v) is 19.8. The predicted octanol–water partition coefficient (Wildman–Crippen LogP) is 5.93. The van der Waals surface area contributed by atoms with Crippen molar-refractivity contribution in [3.05, 3.63) is 34.9 Å². The number of esters is 2. The Labute approximate surface area is 187 Å². The van der Waals surface area contributed by atoms with Gasteiger partial charge >= 0.3 is 11.9 Å². The van der Waals surface area contributed by atoms with Gasteiger partial charge in [-0.05, 0) is 72.8 Å². The Morgan fingerprint density at radius 3 is 2.68 bits per heavy atom. The molecule has 4 heteroatoms. The summed E-state index contributed by atoms with van der Waals surface area (Å²) in [5, 5.41) is 0. The van der Waals surface area contributed by atoms with Crippen molar-refractivity contribution >= 4 is 11.9 Å². The first kappa shape index (κ1) is 22.4. The van der Waals surface area contributed by atoms with E-state index in [0.29, 0.717) is 24.2 Å². The fourth-order valence-corrected chi connectivity index (χ4v) is 7.30. The number of fused-ring (bicyclic) bond motifs is 5. The predicted molar refractivity (Wildman–Crippen MR) is 121 cm³/mol. The lowest BCUT2D eigenvalue weighted by Gasteiger charge is -2.51. The van der Waals surface area contributed by atoms with E-state index >= 15 is 0 Å². The van der Waals surface area contributed by atoms with Gasteiger partial charge in [-0.2, -0.15) is 0 Å². The van der Waals surface area contributed by atoms with Crippen LogP contribution in [0.15, 0.2) is 34.9 Å². The molecular weight excluding hydrogens is 388 g/mol. The zero-order valence-electron chi connectivity index (χ0n) is 19.8. The Morgan fingerprint density at radius 1 is 1.19 bits per heavy atom. The van der Waals surface area contributed by atoms with Crippen LogP contribution in [-0.4, -0.2) is 25.2 Å². The minimum absolute atomic E-state index is 0.0211. The summed E-state index contributed by atoms with van der Waals surface area (Å²) >= 11 is 0. The van der Waals surface area contributed by atoms with Crippen LogP contribution in [0.25, 0.3) is 0 Å². The molecular formula is C27H38O4. The highest BCUT2D eigenvalue weighted by atomic mass is 16.5. The standard InChI is InChI=1S/C27H38O4/c1-17(6-11-25(29)30-5)22-9-10-23-21-8-7-19-16-20(31-18(2)28)12-14-26(19,3)24(21)13-15-27(22,23)4/h7-8,13,17,20,22-23H,6,9-12,14-16H2,1-5H3. The highest BCUT2D eigenvalue weighted by Crippen LogP contribution is 2.64. The number of carbonyl (C=O) groups excluding carboxylic acids is 2. The number of allylic oxidation sites excluding steroid dienone is 5. The second-order valence-electron chi connectivity index (χ2n) is 10.8. The summed E-state index contributed by atoms with van der Waals surface area (Å²) in [6.07, 6.45) is 15.1. The molecule has 6 atom stereocenters. The fraction of sp³-hybridized carbons (Fsp3) is 0.704. The third-order valence-corrected chi connectivity index (χ3v) is 9.07. The number of ether oxygens (including phenoxy) is 2. The quantitative estimate of drug-likeness (QED) is 0.512. The molecule has 0 spiro atoms. The molecule has 4 rings (SSSR count).